The summed E-state index contributed by atoms with van der Waals surface area (Å²) in [6.45, 7) is 2.22. The second-order valence-electron chi connectivity index (χ2n) is 5.70. The number of hydrogen-bond acceptors (Lipinski definition) is 3. The number of nitriles is 1. The molecular weight excluding hydrogens is 276 g/mol. The molecular formula is C18H20N2S. The van der Waals surface area contributed by atoms with E-state index >= 15 is 0 Å². The van der Waals surface area contributed by atoms with E-state index < -0.39 is 0 Å². The van der Waals surface area contributed by atoms with E-state index in [0.29, 0.717) is 12.5 Å². The van der Waals surface area contributed by atoms with Crippen molar-refractivity contribution < 1.29 is 0 Å². The maximum absolute atomic E-state index is 8.70. The first-order chi connectivity index (χ1) is 10.3. The summed E-state index contributed by atoms with van der Waals surface area (Å²) in [7, 11) is 0. The van der Waals surface area contributed by atoms with Crippen LogP contribution in [-0.4, -0.2) is 0 Å². The van der Waals surface area contributed by atoms with E-state index in [2.05, 4.69) is 36.5 Å². The van der Waals surface area contributed by atoms with Crippen molar-refractivity contribution in [1.29, 1.82) is 5.26 Å². The predicted molar refractivity (Wildman–Crippen MR) is 88.8 cm³/mol. The minimum Gasteiger partial charge on any atom is -0.378 e. The number of rotatable bonds is 4. The van der Waals surface area contributed by atoms with Crippen LogP contribution in [0.3, 0.4) is 0 Å². The van der Waals surface area contributed by atoms with Crippen LogP contribution in [0.2, 0.25) is 0 Å². The molecule has 0 spiro atoms. The van der Waals surface area contributed by atoms with Crippen molar-refractivity contribution in [3.8, 4) is 6.07 Å². The fourth-order valence-electron chi connectivity index (χ4n) is 2.86. The summed E-state index contributed by atoms with van der Waals surface area (Å²) in [4.78, 5) is 3.03. The number of hydrogen-bond donors (Lipinski definition) is 1. The van der Waals surface area contributed by atoms with Crippen LogP contribution in [0, 0.1) is 11.3 Å². The molecule has 1 unspecified atom stereocenters. The third-order valence-corrected chi connectivity index (χ3v) is 5.48. The van der Waals surface area contributed by atoms with Gasteiger partial charge in [0.1, 0.15) is 0 Å². The van der Waals surface area contributed by atoms with Gasteiger partial charge >= 0.3 is 0 Å². The van der Waals surface area contributed by atoms with Gasteiger partial charge in [-0.05, 0) is 61.9 Å². The number of aryl methyl sites for hydroxylation is 2. The molecule has 1 aromatic carbocycles. The summed E-state index contributed by atoms with van der Waals surface area (Å²) >= 11 is 1.97. The van der Waals surface area contributed by atoms with Gasteiger partial charge in [0.25, 0.3) is 0 Å². The van der Waals surface area contributed by atoms with Crippen LogP contribution in [0.5, 0.6) is 0 Å². The van der Waals surface area contributed by atoms with Gasteiger partial charge in [-0.15, -0.1) is 11.3 Å². The van der Waals surface area contributed by atoms with E-state index in [1.165, 1.54) is 30.6 Å². The van der Waals surface area contributed by atoms with E-state index in [9.17, 15) is 0 Å². The van der Waals surface area contributed by atoms with Crippen molar-refractivity contribution in [3.05, 3.63) is 51.2 Å². The van der Waals surface area contributed by atoms with Gasteiger partial charge in [-0.2, -0.15) is 5.26 Å². The SMILES string of the molecule is CC(Nc1ccc(CC#N)cc1)c1cc2c(s1)CCCC2. The Morgan fingerprint density at radius 1 is 1.24 bits per heavy atom. The monoisotopic (exact) mass is 296 g/mol. The lowest BCUT2D eigenvalue weighted by Gasteiger charge is -2.14. The molecule has 1 aromatic heterocycles. The molecule has 0 saturated heterocycles. The largest absolute Gasteiger partial charge is 0.378 e. The number of benzene rings is 1. The highest BCUT2D eigenvalue weighted by Gasteiger charge is 2.16. The molecule has 3 heteroatoms. The maximum atomic E-state index is 8.70. The lowest BCUT2D eigenvalue weighted by Crippen LogP contribution is -2.04. The summed E-state index contributed by atoms with van der Waals surface area (Å²) < 4.78 is 0. The van der Waals surface area contributed by atoms with Crippen molar-refractivity contribution in [2.45, 2.75) is 45.1 Å². The molecule has 1 heterocycles. The molecule has 0 radical (unpaired) electrons. The van der Waals surface area contributed by atoms with Crippen LogP contribution in [0.25, 0.3) is 0 Å². The average molecular weight is 296 g/mol. The standard InChI is InChI=1S/C18H20N2S/c1-13(18-12-15-4-2-3-5-17(15)21-18)20-16-8-6-14(7-9-16)10-11-19/h6-9,12-13,20H,2-5,10H2,1H3. The number of anilines is 1. The maximum Gasteiger partial charge on any atom is 0.0669 e. The van der Waals surface area contributed by atoms with Crippen molar-refractivity contribution in [3.63, 3.8) is 0 Å². The minimum absolute atomic E-state index is 0.336. The molecule has 108 valence electrons. The molecule has 1 N–H and O–H groups in total. The summed E-state index contributed by atoms with van der Waals surface area (Å²) in [5.41, 5.74) is 3.76. The molecule has 0 amide bonds. The predicted octanol–water partition coefficient (Wildman–Crippen LogP) is 4.87. The fraction of sp³-hybridized carbons (Fsp3) is 0.389. The first-order valence-electron chi connectivity index (χ1n) is 7.60. The van der Waals surface area contributed by atoms with E-state index in [4.69, 9.17) is 5.26 Å². The van der Waals surface area contributed by atoms with Crippen LogP contribution >= 0.6 is 11.3 Å². The topological polar surface area (TPSA) is 35.8 Å². The van der Waals surface area contributed by atoms with Gasteiger partial charge in [-0.1, -0.05) is 12.1 Å². The highest BCUT2D eigenvalue weighted by Crippen LogP contribution is 2.34. The average Bonchev–Trinajstić information content (AvgIpc) is 2.94. The minimum atomic E-state index is 0.336. The van der Waals surface area contributed by atoms with Crippen molar-refractivity contribution in [2.24, 2.45) is 0 Å². The summed E-state index contributed by atoms with van der Waals surface area (Å²) in [6.07, 6.45) is 5.67. The van der Waals surface area contributed by atoms with E-state index in [0.717, 1.165) is 11.3 Å². The van der Waals surface area contributed by atoms with Gasteiger partial charge in [0, 0.05) is 15.4 Å². The molecule has 2 aromatic rings. The molecule has 0 fully saturated rings. The van der Waals surface area contributed by atoms with E-state index in [1.54, 1.807) is 10.4 Å². The summed E-state index contributed by atoms with van der Waals surface area (Å²) in [5.74, 6) is 0. The first-order valence-corrected chi connectivity index (χ1v) is 8.42. The van der Waals surface area contributed by atoms with Crippen LogP contribution in [0.4, 0.5) is 5.69 Å². The molecule has 1 aliphatic rings. The molecule has 1 atom stereocenters. The van der Waals surface area contributed by atoms with Crippen LogP contribution in [0.15, 0.2) is 30.3 Å². The molecule has 3 rings (SSSR count). The zero-order valence-corrected chi connectivity index (χ0v) is 13.2. The van der Waals surface area contributed by atoms with Crippen molar-refractivity contribution >= 4 is 17.0 Å². The third kappa shape index (κ3) is 3.28. The Kier molecular flexibility index (Phi) is 4.26. The highest BCUT2D eigenvalue weighted by atomic mass is 32.1. The molecule has 21 heavy (non-hydrogen) atoms. The Labute approximate surface area is 130 Å². The summed E-state index contributed by atoms with van der Waals surface area (Å²) in [6, 6.07) is 13.1. The number of fused-ring (bicyclic) bond motifs is 1. The van der Waals surface area contributed by atoms with Crippen LogP contribution in [-0.2, 0) is 19.3 Å². The normalized spacial score (nSPS) is 15.0. The number of thiophene rings is 1. The Hall–Kier alpha value is -1.79. The molecule has 0 aliphatic heterocycles. The Morgan fingerprint density at radius 3 is 2.71 bits per heavy atom. The molecule has 1 aliphatic carbocycles. The zero-order chi connectivity index (χ0) is 14.7. The smallest absolute Gasteiger partial charge is 0.0669 e. The van der Waals surface area contributed by atoms with Gasteiger partial charge in [0.15, 0.2) is 0 Å². The Morgan fingerprint density at radius 2 is 2.00 bits per heavy atom. The third-order valence-electron chi connectivity index (χ3n) is 4.06. The lowest BCUT2D eigenvalue weighted by molar-refractivity contribution is 0.696. The molecule has 0 bridgehead atoms. The number of nitrogens with zero attached hydrogens (tertiary/aromatic N) is 1. The van der Waals surface area contributed by atoms with Gasteiger partial charge in [-0.3, -0.25) is 0 Å². The first kappa shape index (κ1) is 14.2. The second kappa shape index (κ2) is 6.32. The van der Waals surface area contributed by atoms with E-state index in [1.807, 2.05) is 23.5 Å². The van der Waals surface area contributed by atoms with Crippen molar-refractivity contribution in [2.75, 3.05) is 5.32 Å². The van der Waals surface area contributed by atoms with Gasteiger partial charge in [-0.25, -0.2) is 0 Å². The Bertz CT molecular complexity index is 625. The molecule has 0 saturated carbocycles. The Balaban J connectivity index is 1.69. The highest BCUT2D eigenvalue weighted by molar-refractivity contribution is 7.12. The lowest BCUT2D eigenvalue weighted by atomic mass is 9.99. The van der Waals surface area contributed by atoms with Crippen molar-refractivity contribution in [1.82, 2.24) is 0 Å². The van der Waals surface area contributed by atoms with E-state index in [-0.39, 0.29) is 0 Å². The zero-order valence-electron chi connectivity index (χ0n) is 12.4. The van der Waals surface area contributed by atoms with Gasteiger partial charge in [0.2, 0.25) is 0 Å². The second-order valence-corrected chi connectivity index (χ2v) is 6.87. The number of nitrogens with one attached hydrogen (secondary N) is 1. The quantitative estimate of drug-likeness (QED) is 0.874. The summed E-state index contributed by atoms with van der Waals surface area (Å²) in [5, 5.41) is 12.3. The van der Waals surface area contributed by atoms with Gasteiger partial charge < -0.3 is 5.32 Å². The molecule has 2 nitrogen and oxygen atoms in total. The van der Waals surface area contributed by atoms with Crippen LogP contribution in [0.1, 0.15) is 46.7 Å². The van der Waals surface area contributed by atoms with Crippen LogP contribution < -0.4 is 5.32 Å². The fourth-order valence-corrected chi connectivity index (χ4v) is 4.12. The van der Waals surface area contributed by atoms with Gasteiger partial charge in [0.05, 0.1) is 18.5 Å².